The Morgan fingerprint density at radius 3 is 2.10 bits per heavy atom. The first-order chi connectivity index (χ1) is 33.2. The minimum atomic E-state index is -0.660. The van der Waals surface area contributed by atoms with Crippen LogP contribution < -0.4 is 9.47 Å². The van der Waals surface area contributed by atoms with Crippen LogP contribution in [0.5, 0.6) is 11.5 Å². The molecule has 9 aromatic rings. The van der Waals surface area contributed by atoms with E-state index in [9.17, 15) is 14.4 Å². The summed E-state index contributed by atoms with van der Waals surface area (Å²) < 4.78 is 28.4. The van der Waals surface area contributed by atoms with Gasteiger partial charge in [-0.25, -0.2) is 4.79 Å². The minimum Gasteiger partial charge on any atom is -0.489 e. The van der Waals surface area contributed by atoms with Gasteiger partial charge in [0.15, 0.2) is 0 Å². The van der Waals surface area contributed by atoms with E-state index in [0.717, 1.165) is 70.4 Å². The van der Waals surface area contributed by atoms with E-state index >= 15 is 0 Å². The highest BCUT2D eigenvalue weighted by molar-refractivity contribution is 6.19. The van der Waals surface area contributed by atoms with Crippen molar-refractivity contribution in [2.45, 2.75) is 65.8 Å². The maximum absolute atomic E-state index is 14.7. The molecule has 346 valence electrons. The first-order valence-corrected chi connectivity index (χ1v) is 23.7. The molecule has 0 atom stereocenters. The normalized spacial score (nSPS) is 13.3. The van der Waals surface area contributed by atoms with Crippen LogP contribution in [0.1, 0.15) is 82.5 Å². The number of benzene rings is 3. The number of pyridine rings is 2. The van der Waals surface area contributed by atoms with Crippen LogP contribution in [0.2, 0.25) is 0 Å². The van der Waals surface area contributed by atoms with E-state index in [4.69, 9.17) is 18.9 Å². The molecule has 0 saturated carbocycles. The Kier molecular flexibility index (Phi) is 12.6. The van der Waals surface area contributed by atoms with Crippen LogP contribution in [0, 0.1) is 0 Å². The molecule has 0 bridgehead atoms. The number of aryl methyl sites for hydroxylation is 1. The molecule has 6 aromatic heterocycles. The fourth-order valence-corrected chi connectivity index (χ4v) is 10.1. The predicted octanol–water partition coefficient (Wildman–Crippen LogP) is 11.2. The zero-order chi connectivity index (χ0) is 46.9. The Hall–Kier alpha value is -7.21. The highest BCUT2D eigenvalue weighted by Gasteiger charge is 2.33. The first-order valence-electron chi connectivity index (χ1n) is 23.7. The van der Waals surface area contributed by atoms with Crippen molar-refractivity contribution in [3.63, 3.8) is 0 Å². The van der Waals surface area contributed by atoms with E-state index in [1.165, 1.54) is 60.8 Å². The van der Waals surface area contributed by atoms with E-state index in [2.05, 4.69) is 40.5 Å². The number of nitrogens with zero attached hydrogens (tertiary/aromatic N) is 4. The number of amides is 1. The number of ether oxygens (including phenoxy) is 4. The van der Waals surface area contributed by atoms with Gasteiger partial charge in [0.2, 0.25) is 0 Å². The van der Waals surface area contributed by atoms with E-state index < -0.39 is 11.9 Å². The van der Waals surface area contributed by atoms with Gasteiger partial charge in [-0.3, -0.25) is 9.59 Å². The molecule has 68 heavy (non-hydrogen) atoms. The molecular formula is C57H56N4O7. The Bertz CT molecular complexity index is 3240. The van der Waals surface area contributed by atoms with Crippen molar-refractivity contribution in [1.29, 1.82) is 0 Å². The molecule has 0 radical (unpaired) electrons. The summed E-state index contributed by atoms with van der Waals surface area (Å²) in [6.07, 6.45) is 5.79. The Morgan fingerprint density at radius 1 is 0.662 bits per heavy atom. The number of hydrogen-bond acceptors (Lipinski definition) is 8. The third-order valence-corrected chi connectivity index (χ3v) is 13.3. The SMILES string of the molecule is CCc1c(-c2ccc(OC(=O)c3c(C(=O)N(C)C)c4c(-c5ccc(OCc6ccccc6)cc5)cc5c(COC(C)=O)ccc3n54)cc2)c2ccc3ccc(COCCCN4CCCCC4)c1n32. The molecular weight excluding hydrogens is 853 g/mol. The lowest BCUT2D eigenvalue weighted by Crippen LogP contribution is -2.31. The summed E-state index contributed by atoms with van der Waals surface area (Å²) in [6, 6.07) is 39.6. The number of carbonyl (C=O) groups is 3. The van der Waals surface area contributed by atoms with Crippen molar-refractivity contribution in [3.8, 4) is 33.8 Å². The summed E-state index contributed by atoms with van der Waals surface area (Å²) in [5.41, 5.74) is 13.5. The largest absolute Gasteiger partial charge is 0.489 e. The maximum Gasteiger partial charge on any atom is 0.346 e. The number of hydrogen-bond donors (Lipinski definition) is 0. The number of carbonyl (C=O) groups excluding carboxylic acids is 3. The van der Waals surface area contributed by atoms with Crippen molar-refractivity contribution < 1.29 is 33.3 Å². The molecule has 11 nitrogen and oxygen atoms in total. The summed E-state index contributed by atoms with van der Waals surface area (Å²) in [6.45, 7) is 8.75. The Balaban J connectivity index is 0.961. The monoisotopic (exact) mass is 908 g/mol. The van der Waals surface area contributed by atoms with Crippen LogP contribution in [0.15, 0.2) is 121 Å². The highest BCUT2D eigenvalue weighted by Crippen LogP contribution is 2.42. The second kappa shape index (κ2) is 19.2. The van der Waals surface area contributed by atoms with Crippen molar-refractivity contribution in [1.82, 2.24) is 18.6 Å². The Morgan fingerprint density at radius 2 is 1.37 bits per heavy atom. The van der Waals surface area contributed by atoms with E-state index in [1.54, 1.807) is 20.2 Å². The van der Waals surface area contributed by atoms with Crippen LogP contribution in [0.3, 0.4) is 0 Å². The quantitative estimate of drug-likeness (QED) is 0.0506. The molecule has 0 unspecified atom stereocenters. The molecule has 0 aliphatic carbocycles. The predicted molar refractivity (Wildman–Crippen MR) is 266 cm³/mol. The molecule has 1 fully saturated rings. The Labute approximate surface area is 396 Å². The van der Waals surface area contributed by atoms with Crippen molar-refractivity contribution in [2.24, 2.45) is 0 Å². The van der Waals surface area contributed by atoms with Gasteiger partial charge in [0, 0.05) is 61.9 Å². The summed E-state index contributed by atoms with van der Waals surface area (Å²) in [7, 11) is 3.34. The third kappa shape index (κ3) is 8.52. The topological polar surface area (TPSA) is 103 Å². The van der Waals surface area contributed by atoms with Gasteiger partial charge < -0.3 is 37.5 Å². The lowest BCUT2D eigenvalue weighted by Gasteiger charge is -2.26. The molecule has 0 spiro atoms. The molecule has 0 N–H and O–H groups in total. The zero-order valence-electron chi connectivity index (χ0n) is 39.2. The smallest absolute Gasteiger partial charge is 0.346 e. The van der Waals surface area contributed by atoms with Gasteiger partial charge in [-0.2, -0.15) is 0 Å². The molecule has 1 aliphatic rings. The molecule has 1 amide bonds. The summed E-state index contributed by atoms with van der Waals surface area (Å²) in [5.74, 6) is -0.389. The fraction of sp³-hybridized carbons (Fsp3) is 0.281. The van der Waals surface area contributed by atoms with Gasteiger partial charge in [0.1, 0.15) is 24.7 Å². The van der Waals surface area contributed by atoms with Gasteiger partial charge in [-0.05, 0) is 116 Å². The maximum atomic E-state index is 14.7. The average molecular weight is 909 g/mol. The van der Waals surface area contributed by atoms with Gasteiger partial charge in [-0.15, -0.1) is 0 Å². The van der Waals surface area contributed by atoms with Gasteiger partial charge >= 0.3 is 11.9 Å². The first kappa shape index (κ1) is 44.6. The molecule has 1 aliphatic heterocycles. The van der Waals surface area contributed by atoms with Crippen molar-refractivity contribution in [2.75, 3.05) is 40.3 Å². The number of rotatable bonds is 17. The van der Waals surface area contributed by atoms with E-state index in [1.807, 2.05) is 95.4 Å². The van der Waals surface area contributed by atoms with Crippen LogP contribution in [-0.2, 0) is 40.5 Å². The average Bonchev–Trinajstić information content (AvgIpc) is 4.14. The zero-order valence-corrected chi connectivity index (χ0v) is 39.2. The molecule has 7 heterocycles. The molecule has 11 heteroatoms. The highest BCUT2D eigenvalue weighted by atomic mass is 16.5. The van der Waals surface area contributed by atoms with Crippen molar-refractivity contribution >= 4 is 50.9 Å². The van der Waals surface area contributed by atoms with Crippen LogP contribution in [0.4, 0.5) is 0 Å². The van der Waals surface area contributed by atoms with Gasteiger partial charge in [0.05, 0.1) is 45.3 Å². The summed E-state index contributed by atoms with van der Waals surface area (Å²) in [5, 5.41) is 0. The number of likely N-dealkylation sites (tertiary alicyclic amines) is 1. The van der Waals surface area contributed by atoms with Gasteiger partial charge in [0.25, 0.3) is 5.91 Å². The number of aromatic nitrogens is 2. The molecule has 3 aromatic carbocycles. The third-order valence-electron chi connectivity index (χ3n) is 13.3. The molecule has 1 saturated heterocycles. The van der Waals surface area contributed by atoms with E-state index in [0.29, 0.717) is 41.3 Å². The molecule has 10 rings (SSSR count). The minimum absolute atomic E-state index is 0.0153. The van der Waals surface area contributed by atoms with E-state index in [-0.39, 0.29) is 23.6 Å². The van der Waals surface area contributed by atoms with Crippen LogP contribution in [0.25, 0.3) is 55.4 Å². The lowest BCUT2D eigenvalue weighted by molar-refractivity contribution is -0.142. The second-order valence-corrected chi connectivity index (χ2v) is 18.0. The number of piperidine rings is 1. The van der Waals surface area contributed by atoms with Gasteiger partial charge in [-0.1, -0.05) is 80.1 Å². The van der Waals surface area contributed by atoms with Crippen LogP contribution in [-0.4, -0.2) is 76.8 Å². The van der Waals surface area contributed by atoms with Crippen LogP contribution >= 0.6 is 0 Å². The van der Waals surface area contributed by atoms with Crippen molar-refractivity contribution in [3.05, 3.63) is 155 Å². The standard InChI is InChI=1S/C57H56N4O7/c1-5-46-51(48-28-22-43-21-15-42(54(46)60(43)48)35-65-32-12-31-59-29-10-7-11-30-59)40-18-25-45(26-19-40)68-57(64)52-49-27-20-41(36-66-37(2)62)50-33-47(55(61(49)50)53(52)56(63)58(3)4)39-16-23-44(24-17-39)67-34-38-13-8-6-9-14-38/h6,8-9,13-28,33H,5,7,10-12,29-32,34-36H2,1-4H3. The summed E-state index contributed by atoms with van der Waals surface area (Å²) >= 11 is 0. The summed E-state index contributed by atoms with van der Waals surface area (Å²) in [4.78, 5) is 45.1. The fourth-order valence-electron chi connectivity index (χ4n) is 10.1. The lowest BCUT2D eigenvalue weighted by atomic mass is 9.98. The second-order valence-electron chi connectivity index (χ2n) is 18.0. The number of esters is 2.